The minimum atomic E-state index is 0.234. The minimum Gasteiger partial charge on any atom is -0.345 e. The summed E-state index contributed by atoms with van der Waals surface area (Å²) < 4.78 is 1.24. The van der Waals surface area contributed by atoms with E-state index in [1.165, 1.54) is 10.3 Å². The van der Waals surface area contributed by atoms with Crippen LogP contribution in [0, 0.1) is 6.92 Å². The fraction of sp³-hybridized carbons (Fsp3) is 0.333. The molecule has 1 saturated heterocycles. The number of rotatable bonds is 3. The number of aryl methyl sites for hydroxylation is 1. The van der Waals surface area contributed by atoms with Crippen LogP contribution in [-0.4, -0.2) is 42.0 Å². The lowest BCUT2D eigenvalue weighted by molar-refractivity contribution is -0.130. The Balaban J connectivity index is 1.41. The van der Waals surface area contributed by atoms with Gasteiger partial charge in [-0.1, -0.05) is 29.5 Å². The van der Waals surface area contributed by atoms with Crippen molar-refractivity contribution in [1.29, 1.82) is 0 Å². The van der Waals surface area contributed by atoms with Gasteiger partial charge in [0, 0.05) is 31.1 Å². The molecule has 3 aromatic rings. The quantitative estimate of drug-likeness (QED) is 0.719. The minimum absolute atomic E-state index is 0.234. The normalized spacial score (nSPS) is 15.2. The molecule has 1 aliphatic heterocycles. The van der Waals surface area contributed by atoms with Gasteiger partial charge in [0.15, 0.2) is 5.13 Å². The summed E-state index contributed by atoms with van der Waals surface area (Å²) in [5, 5.41) is 3.10. The first kappa shape index (κ1) is 15.6. The highest BCUT2D eigenvalue weighted by Crippen LogP contribution is 2.31. The number of hydrogen-bond donors (Lipinski definition) is 0. The van der Waals surface area contributed by atoms with E-state index in [-0.39, 0.29) is 5.91 Å². The first-order valence-corrected chi connectivity index (χ1v) is 9.81. The van der Waals surface area contributed by atoms with Gasteiger partial charge in [0.1, 0.15) is 0 Å². The third-order valence-corrected chi connectivity index (χ3v) is 6.38. The molecule has 0 N–H and O–H groups in total. The maximum absolute atomic E-state index is 12.4. The smallest absolute Gasteiger partial charge is 0.227 e. The van der Waals surface area contributed by atoms with Gasteiger partial charge in [-0.25, -0.2) is 4.98 Å². The van der Waals surface area contributed by atoms with Gasteiger partial charge >= 0.3 is 0 Å². The van der Waals surface area contributed by atoms with E-state index in [4.69, 9.17) is 4.98 Å². The van der Waals surface area contributed by atoms with Crippen molar-refractivity contribution in [1.82, 2.24) is 9.88 Å². The average Bonchev–Trinajstić information content (AvgIpc) is 3.25. The van der Waals surface area contributed by atoms with Crippen molar-refractivity contribution in [3.05, 3.63) is 46.2 Å². The number of aromatic nitrogens is 1. The third-order valence-electron chi connectivity index (χ3n) is 4.42. The van der Waals surface area contributed by atoms with Crippen LogP contribution < -0.4 is 4.90 Å². The molecule has 2 aromatic heterocycles. The number of piperazine rings is 1. The Morgan fingerprint density at radius 3 is 2.71 bits per heavy atom. The highest BCUT2D eigenvalue weighted by atomic mass is 32.1. The van der Waals surface area contributed by atoms with E-state index < -0.39 is 0 Å². The highest BCUT2D eigenvalue weighted by Gasteiger charge is 2.23. The molecule has 124 valence electrons. The van der Waals surface area contributed by atoms with E-state index in [0.717, 1.165) is 41.7 Å². The van der Waals surface area contributed by atoms with Crippen LogP contribution >= 0.6 is 22.7 Å². The molecular formula is C18H19N3OS2. The lowest BCUT2D eigenvalue weighted by Crippen LogP contribution is -2.49. The SMILES string of the molecule is Cc1cccc2sc(N3CCN(C(=O)Cc4cccs4)CC3)nc12. The van der Waals surface area contributed by atoms with E-state index in [2.05, 4.69) is 30.0 Å². The van der Waals surface area contributed by atoms with E-state index in [1.807, 2.05) is 22.4 Å². The van der Waals surface area contributed by atoms with Crippen LogP contribution in [-0.2, 0) is 11.2 Å². The molecule has 4 nitrogen and oxygen atoms in total. The number of hydrogen-bond acceptors (Lipinski definition) is 5. The first-order valence-electron chi connectivity index (χ1n) is 8.12. The number of amides is 1. The number of para-hydroxylation sites is 1. The van der Waals surface area contributed by atoms with Gasteiger partial charge in [-0.2, -0.15) is 0 Å². The zero-order valence-electron chi connectivity index (χ0n) is 13.6. The van der Waals surface area contributed by atoms with Crippen molar-refractivity contribution < 1.29 is 4.79 Å². The van der Waals surface area contributed by atoms with E-state index in [9.17, 15) is 4.79 Å². The number of benzene rings is 1. The van der Waals surface area contributed by atoms with Crippen LogP contribution in [0.25, 0.3) is 10.2 Å². The standard InChI is InChI=1S/C18H19N3OS2/c1-13-4-2-6-15-17(13)19-18(24-15)21-9-7-20(8-10-21)16(22)12-14-5-3-11-23-14/h2-6,11H,7-10,12H2,1H3. The molecule has 0 aliphatic carbocycles. The molecule has 4 rings (SSSR count). The largest absolute Gasteiger partial charge is 0.345 e. The van der Waals surface area contributed by atoms with E-state index >= 15 is 0 Å². The molecule has 0 atom stereocenters. The fourth-order valence-electron chi connectivity index (χ4n) is 3.03. The second-order valence-corrected chi connectivity index (χ2v) is 8.08. The van der Waals surface area contributed by atoms with Gasteiger partial charge in [-0.15, -0.1) is 11.3 Å². The average molecular weight is 358 g/mol. The summed E-state index contributed by atoms with van der Waals surface area (Å²) in [6.45, 7) is 5.37. The van der Waals surface area contributed by atoms with Gasteiger partial charge < -0.3 is 9.80 Å². The molecule has 3 heterocycles. The molecular weight excluding hydrogens is 338 g/mol. The molecule has 1 fully saturated rings. The second-order valence-electron chi connectivity index (χ2n) is 6.04. The van der Waals surface area contributed by atoms with E-state index in [0.29, 0.717) is 6.42 Å². The predicted octanol–water partition coefficient (Wildman–Crippen LogP) is 3.56. The van der Waals surface area contributed by atoms with Crippen molar-refractivity contribution in [2.75, 3.05) is 31.1 Å². The van der Waals surface area contributed by atoms with Crippen molar-refractivity contribution >= 4 is 43.9 Å². The molecule has 1 aromatic carbocycles. The van der Waals surface area contributed by atoms with Crippen LogP contribution in [0.2, 0.25) is 0 Å². The highest BCUT2D eigenvalue weighted by molar-refractivity contribution is 7.22. The Bertz CT molecular complexity index is 848. The van der Waals surface area contributed by atoms with Crippen molar-refractivity contribution in [3.8, 4) is 0 Å². The maximum atomic E-state index is 12.4. The monoisotopic (exact) mass is 357 g/mol. The van der Waals surface area contributed by atoms with Crippen LogP contribution in [0.3, 0.4) is 0 Å². The summed E-state index contributed by atoms with van der Waals surface area (Å²) in [4.78, 5) is 22.6. The molecule has 0 saturated carbocycles. The van der Waals surface area contributed by atoms with Crippen LogP contribution in [0.1, 0.15) is 10.4 Å². The van der Waals surface area contributed by atoms with Gasteiger partial charge in [-0.05, 0) is 30.0 Å². The van der Waals surface area contributed by atoms with Crippen LogP contribution in [0.15, 0.2) is 35.7 Å². The molecule has 0 bridgehead atoms. The lowest BCUT2D eigenvalue weighted by Gasteiger charge is -2.34. The van der Waals surface area contributed by atoms with Crippen LogP contribution in [0.4, 0.5) is 5.13 Å². The number of carbonyl (C=O) groups is 1. The molecule has 0 unspecified atom stereocenters. The number of carbonyl (C=O) groups excluding carboxylic acids is 1. The Hall–Kier alpha value is -1.92. The predicted molar refractivity (Wildman–Crippen MR) is 101 cm³/mol. The van der Waals surface area contributed by atoms with Crippen molar-refractivity contribution in [2.45, 2.75) is 13.3 Å². The summed E-state index contributed by atoms with van der Waals surface area (Å²) in [5.74, 6) is 0.234. The van der Waals surface area contributed by atoms with Crippen molar-refractivity contribution in [3.63, 3.8) is 0 Å². The number of fused-ring (bicyclic) bond motifs is 1. The Morgan fingerprint density at radius 1 is 1.17 bits per heavy atom. The Labute approximate surface area is 149 Å². The van der Waals surface area contributed by atoms with E-state index in [1.54, 1.807) is 22.7 Å². The molecule has 6 heteroatoms. The summed E-state index contributed by atoms with van der Waals surface area (Å²) in [5.41, 5.74) is 2.33. The Morgan fingerprint density at radius 2 is 2.00 bits per heavy atom. The number of anilines is 1. The van der Waals surface area contributed by atoms with Gasteiger partial charge in [-0.3, -0.25) is 4.79 Å². The van der Waals surface area contributed by atoms with Gasteiger partial charge in [0.2, 0.25) is 5.91 Å². The molecule has 1 aliphatic rings. The number of nitrogens with zero attached hydrogens (tertiary/aromatic N) is 3. The topological polar surface area (TPSA) is 36.4 Å². The zero-order chi connectivity index (χ0) is 16.5. The first-order chi connectivity index (χ1) is 11.7. The number of thiophene rings is 1. The zero-order valence-corrected chi connectivity index (χ0v) is 15.2. The summed E-state index contributed by atoms with van der Waals surface area (Å²) in [7, 11) is 0. The van der Waals surface area contributed by atoms with Crippen LogP contribution in [0.5, 0.6) is 0 Å². The maximum Gasteiger partial charge on any atom is 0.227 e. The summed E-state index contributed by atoms with van der Waals surface area (Å²) in [6, 6.07) is 10.3. The number of thiazole rings is 1. The fourth-order valence-corrected chi connectivity index (χ4v) is 4.82. The summed E-state index contributed by atoms with van der Waals surface area (Å²) >= 11 is 3.39. The van der Waals surface area contributed by atoms with Crippen molar-refractivity contribution in [2.24, 2.45) is 0 Å². The molecule has 0 radical (unpaired) electrons. The second kappa shape index (κ2) is 6.53. The Kier molecular flexibility index (Phi) is 4.24. The van der Waals surface area contributed by atoms with Gasteiger partial charge in [0.05, 0.1) is 16.6 Å². The lowest BCUT2D eigenvalue weighted by atomic mass is 10.2. The molecule has 24 heavy (non-hydrogen) atoms. The molecule has 1 amide bonds. The third kappa shape index (κ3) is 3.03. The molecule has 0 spiro atoms. The van der Waals surface area contributed by atoms with Gasteiger partial charge in [0.25, 0.3) is 0 Å². The summed E-state index contributed by atoms with van der Waals surface area (Å²) in [6.07, 6.45) is 0.526.